The Morgan fingerprint density at radius 2 is 1.37 bits per heavy atom. The first-order chi connectivity index (χ1) is 9.33. The average Bonchev–Trinajstić information content (AvgIpc) is 3.05. The maximum Gasteiger partial charge on any atom is 0.211 e. The fourth-order valence-corrected chi connectivity index (χ4v) is 3.63. The summed E-state index contributed by atoms with van der Waals surface area (Å²) in [6, 6.07) is 10.8. The normalized spacial score (nSPS) is 16.4. The summed E-state index contributed by atoms with van der Waals surface area (Å²) in [7, 11) is 0. The maximum atomic E-state index is 5.82. The summed E-state index contributed by atoms with van der Waals surface area (Å²) in [5.41, 5.74) is 14.1. The molecule has 0 bridgehead atoms. The number of nitrogens with two attached hydrogens (primary N) is 1. The summed E-state index contributed by atoms with van der Waals surface area (Å²) in [6.45, 7) is 0. The van der Waals surface area contributed by atoms with Gasteiger partial charge in [-0.1, -0.05) is 0 Å². The number of benzene rings is 1. The van der Waals surface area contributed by atoms with Crippen LogP contribution in [0.5, 0.6) is 0 Å². The highest BCUT2D eigenvalue weighted by molar-refractivity contribution is 5.43. The van der Waals surface area contributed by atoms with Gasteiger partial charge in [0.25, 0.3) is 0 Å². The molecule has 1 aromatic carbocycles. The lowest BCUT2D eigenvalue weighted by molar-refractivity contribution is -0.612. The quantitative estimate of drug-likeness (QED) is 0.612. The summed E-state index contributed by atoms with van der Waals surface area (Å²) >= 11 is 0. The molecule has 0 saturated heterocycles. The van der Waals surface area contributed by atoms with E-state index in [-0.39, 0.29) is 0 Å². The molecule has 2 heteroatoms. The van der Waals surface area contributed by atoms with E-state index in [2.05, 4.69) is 22.8 Å². The molecule has 2 N–H and O–H groups in total. The first-order valence-electron chi connectivity index (χ1n) is 7.27. The average molecular weight is 251 g/mol. The molecular weight excluding hydrogens is 232 g/mol. The van der Waals surface area contributed by atoms with Gasteiger partial charge in [0.2, 0.25) is 5.69 Å². The van der Waals surface area contributed by atoms with Crippen LogP contribution >= 0.6 is 0 Å². The van der Waals surface area contributed by atoms with E-state index in [1.165, 1.54) is 55.6 Å². The standard InChI is InChI=1S/C17H19N2/c18-14-7-9-15(10-8-14)19-16-5-1-3-12(16)11-13-4-2-6-17(13)19/h7-11H,1-6,18H2/q+1. The molecule has 0 spiro atoms. The topological polar surface area (TPSA) is 29.9 Å². The van der Waals surface area contributed by atoms with Crippen LogP contribution in [0.3, 0.4) is 0 Å². The number of nitrogen functional groups attached to an aromatic ring is 1. The van der Waals surface area contributed by atoms with Crippen molar-refractivity contribution in [3.8, 4) is 5.69 Å². The molecule has 1 heterocycles. The SMILES string of the molecule is Nc1ccc(-[n+]2c3c(cc4c2CCC4)CCC3)cc1. The van der Waals surface area contributed by atoms with Crippen molar-refractivity contribution in [2.75, 3.05) is 5.73 Å². The van der Waals surface area contributed by atoms with Crippen molar-refractivity contribution < 1.29 is 4.57 Å². The molecule has 1 aromatic heterocycles. The Labute approximate surface area is 113 Å². The molecule has 2 nitrogen and oxygen atoms in total. The zero-order valence-corrected chi connectivity index (χ0v) is 11.2. The lowest BCUT2D eigenvalue weighted by atomic mass is 10.1. The highest BCUT2D eigenvalue weighted by Crippen LogP contribution is 2.28. The van der Waals surface area contributed by atoms with Crippen LogP contribution in [-0.4, -0.2) is 0 Å². The number of aromatic nitrogens is 1. The molecule has 0 aliphatic heterocycles. The summed E-state index contributed by atoms with van der Waals surface area (Å²) < 4.78 is 2.52. The molecule has 0 unspecified atom stereocenters. The van der Waals surface area contributed by atoms with Gasteiger partial charge in [-0.25, -0.2) is 0 Å². The van der Waals surface area contributed by atoms with E-state index >= 15 is 0 Å². The Hall–Kier alpha value is -1.83. The zero-order valence-electron chi connectivity index (χ0n) is 11.2. The molecule has 0 saturated carbocycles. The first kappa shape index (κ1) is 11.0. The van der Waals surface area contributed by atoms with Gasteiger partial charge in [0.05, 0.1) is 0 Å². The van der Waals surface area contributed by atoms with Crippen LogP contribution in [0.1, 0.15) is 35.4 Å². The van der Waals surface area contributed by atoms with E-state index < -0.39 is 0 Å². The van der Waals surface area contributed by atoms with Crippen LogP contribution in [0.2, 0.25) is 0 Å². The van der Waals surface area contributed by atoms with Gasteiger partial charge < -0.3 is 5.73 Å². The second-order valence-corrected chi connectivity index (χ2v) is 5.72. The Balaban J connectivity index is 1.98. The van der Waals surface area contributed by atoms with Gasteiger partial charge in [-0.3, -0.25) is 0 Å². The molecule has 0 radical (unpaired) electrons. The number of hydrogen-bond acceptors (Lipinski definition) is 1. The fraction of sp³-hybridized carbons (Fsp3) is 0.353. The van der Waals surface area contributed by atoms with E-state index in [1.54, 1.807) is 11.1 Å². The third-order valence-corrected chi connectivity index (χ3v) is 4.50. The monoisotopic (exact) mass is 251 g/mol. The smallest absolute Gasteiger partial charge is 0.211 e. The minimum atomic E-state index is 0.841. The number of fused-ring (bicyclic) bond motifs is 2. The molecule has 96 valence electrons. The lowest BCUT2D eigenvalue weighted by Crippen LogP contribution is -2.40. The van der Waals surface area contributed by atoms with Crippen molar-refractivity contribution in [1.29, 1.82) is 0 Å². The molecule has 2 aromatic rings. The number of pyridine rings is 1. The second kappa shape index (κ2) is 4.09. The number of nitrogens with zero attached hydrogens (tertiary/aromatic N) is 1. The number of anilines is 1. The van der Waals surface area contributed by atoms with Crippen LogP contribution in [0, 0.1) is 0 Å². The van der Waals surface area contributed by atoms with Crippen molar-refractivity contribution in [2.24, 2.45) is 0 Å². The lowest BCUT2D eigenvalue weighted by Gasteiger charge is -2.08. The highest BCUT2D eigenvalue weighted by Gasteiger charge is 2.31. The summed E-state index contributed by atoms with van der Waals surface area (Å²) in [6.07, 6.45) is 7.52. The van der Waals surface area contributed by atoms with Crippen molar-refractivity contribution in [3.63, 3.8) is 0 Å². The predicted octanol–water partition coefficient (Wildman–Crippen LogP) is 2.52. The molecule has 4 rings (SSSR count). The fourth-order valence-electron chi connectivity index (χ4n) is 3.63. The van der Waals surface area contributed by atoms with Gasteiger partial charge >= 0.3 is 0 Å². The summed E-state index contributed by atoms with van der Waals surface area (Å²) in [5.74, 6) is 0. The third kappa shape index (κ3) is 1.66. The molecule has 0 atom stereocenters. The molecular formula is C17H19N2+. The molecule has 0 amide bonds. The Kier molecular flexibility index (Phi) is 2.37. The number of hydrogen-bond donors (Lipinski definition) is 1. The zero-order chi connectivity index (χ0) is 12.8. The minimum absolute atomic E-state index is 0.841. The Morgan fingerprint density at radius 1 is 0.789 bits per heavy atom. The van der Waals surface area contributed by atoms with E-state index in [4.69, 9.17) is 5.73 Å². The van der Waals surface area contributed by atoms with Crippen molar-refractivity contribution >= 4 is 5.69 Å². The first-order valence-corrected chi connectivity index (χ1v) is 7.27. The molecule has 0 fully saturated rings. The van der Waals surface area contributed by atoms with E-state index in [0.29, 0.717) is 0 Å². The second-order valence-electron chi connectivity index (χ2n) is 5.72. The van der Waals surface area contributed by atoms with Crippen LogP contribution < -0.4 is 10.3 Å². The van der Waals surface area contributed by atoms with Crippen molar-refractivity contribution in [3.05, 3.63) is 52.8 Å². The van der Waals surface area contributed by atoms with Gasteiger partial charge in [-0.05, 0) is 43.9 Å². The number of rotatable bonds is 1. The van der Waals surface area contributed by atoms with E-state index in [9.17, 15) is 0 Å². The highest BCUT2D eigenvalue weighted by atomic mass is 15.0. The van der Waals surface area contributed by atoms with E-state index in [0.717, 1.165) is 5.69 Å². The van der Waals surface area contributed by atoms with Crippen LogP contribution in [0.15, 0.2) is 30.3 Å². The van der Waals surface area contributed by atoms with Crippen LogP contribution in [-0.2, 0) is 25.7 Å². The van der Waals surface area contributed by atoms with E-state index in [1.807, 2.05) is 12.1 Å². The maximum absolute atomic E-state index is 5.82. The largest absolute Gasteiger partial charge is 0.399 e. The van der Waals surface area contributed by atoms with Crippen molar-refractivity contribution in [2.45, 2.75) is 38.5 Å². The minimum Gasteiger partial charge on any atom is -0.399 e. The molecule has 2 aliphatic carbocycles. The Morgan fingerprint density at radius 3 is 1.95 bits per heavy atom. The molecule has 19 heavy (non-hydrogen) atoms. The van der Waals surface area contributed by atoms with Crippen LogP contribution in [0.4, 0.5) is 5.69 Å². The van der Waals surface area contributed by atoms with Gasteiger partial charge in [-0.15, -0.1) is 0 Å². The molecule has 2 aliphatic rings. The van der Waals surface area contributed by atoms with Crippen LogP contribution in [0.25, 0.3) is 5.69 Å². The van der Waals surface area contributed by atoms with Gasteiger partial charge in [0, 0.05) is 41.8 Å². The predicted molar refractivity (Wildman–Crippen MR) is 76.4 cm³/mol. The number of aryl methyl sites for hydroxylation is 2. The summed E-state index contributed by atoms with van der Waals surface area (Å²) in [4.78, 5) is 0. The van der Waals surface area contributed by atoms with Gasteiger partial charge in [-0.2, -0.15) is 4.57 Å². The van der Waals surface area contributed by atoms with Gasteiger partial charge in [0.15, 0.2) is 11.4 Å². The van der Waals surface area contributed by atoms with Gasteiger partial charge in [0.1, 0.15) is 0 Å². The van der Waals surface area contributed by atoms with Crippen molar-refractivity contribution in [1.82, 2.24) is 0 Å². The summed E-state index contributed by atoms with van der Waals surface area (Å²) in [5, 5.41) is 0. The third-order valence-electron chi connectivity index (χ3n) is 4.50. The Bertz CT molecular complexity index is 609.